The number of fused-ring (bicyclic) bond motifs is 1. The van der Waals surface area contributed by atoms with E-state index >= 15 is 0 Å². The topological polar surface area (TPSA) is 69.8 Å². The first-order valence-electron chi connectivity index (χ1n) is 8.35. The molecule has 24 heavy (non-hydrogen) atoms. The highest BCUT2D eigenvalue weighted by Gasteiger charge is 2.31. The molecule has 130 valence electrons. The lowest BCUT2D eigenvalue weighted by atomic mass is 9.93. The number of aliphatic carboxylic acids is 1. The van der Waals surface area contributed by atoms with Gasteiger partial charge >= 0.3 is 5.97 Å². The minimum absolute atomic E-state index is 0.564. The highest BCUT2D eigenvalue weighted by molar-refractivity contribution is 5.89. The molecule has 0 bridgehead atoms. The van der Waals surface area contributed by atoms with Crippen LogP contribution >= 0.6 is 0 Å². The van der Waals surface area contributed by atoms with Crippen molar-refractivity contribution in [2.24, 2.45) is 5.41 Å². The third kappa shape index (κ3) is 3.11. The zero-order valence-corrected chi connectivity index (χ0v) is 14.8. The molecule has 1 aromatic carbocycles. The summed E-state index contributed by atoms with van der Waals surface area (Å²) in [5.41, 5.74) is 2.53. The Morgan fingerprint density at radius 1 is 1.21 bits per heavy atom. The first kappa shape index (κ1) is 16.8. The summed E-state index contributed by atoms with van der Waals surface area (Å²) in [4.78, 5) is 15.7. The molecule has 1 saturated heterocycles. The van der Waals surface area contributed by atoms with Crippen LogP contribution in [-0.2, 0) is 4.79 Å². The molecule has 0 unspecified atom stereocenters. The minimum atomic E-state index is -0.752. The van der Waals surface area contributed by atoms with Gasteiger partial charge in [0, 0.05) is 32.7 Å². The molecule has 0 atom stereocenters. The number of anilines is 1. The molecule has 0 radical (unpaired) electrons. The van der Waals surface area contributed by atoms with Crippen LogP contribution in [0.1, 0.15) is 25.0 Å². The van der Waals surface area contributed by atoms with Gasteiger partial charge in [-0.2, -0.15) is 0 Å². The van der Waals surface area contributed by atoms with Crippen molar-refractivity contribution in [3.05, 3.63) is 23.3 Å². The lowest BCUT2D eigenvalue weighted by molar-refractivity contribution is -0.148. The fourth-order valence-corrected chi connectivity index (χ4v) is 3.15. The molecule has 2 heterocycles. The van der Waals surface area contributed by atoms with Crippen molar-refractivity contribution in [2.75, 3.05) is 37.6 Å². The average molecular weight is 331 g/mol. The fourth-order valence-electron chi connectivity index (χ4n) is 3.15. The smallest absolute Gasteiger partial charge is 0.310 e. The molecule has 1 aliphatic heterocycles. The van der Waals surface area contributed by atoms with Crippen LogP contribution in [-0.4, -0.2) is 53.9 Å². The van der Waals surface area contributed by atoms with Crippen LogP contribution in [0.4, 0.5) is 5.82 Å². The van der Waals surface area contributed by atoms with Gasteiger partial charge < -0.3 is 14.5 Å². The van der Waals surface area contributed by atoms with E-state index in [-0.39, 0.29) is 0 Å². The van der Waals surface area contributed by atoms with E-state index in [4.69, 9.17) is 4.52 Å². The van der Waals surface area contributed by atoms with Crippen molar-refractivity contribution in [1.29, 1.82) is 0 Å². The molecule has 0 aliphatic carbocycles. The number of rotatable bonds is 4. The van der Waals surface area contributed by atoms with Crippen molar-refractivity contribution >= 4 is 22.8 Å². The summed E-state index contributed by atoms with van der Waals surface area (Å²) in [6.45, 7) is 11.6. The van der Waals surface area contributed by atoms with Crippen LogP contribution in [0.2, 0.25) is 0 Å². The van der Waals surface area contributed by atoms with Gasteiger partial charge in [0.15, 0.2) is 11.4 Å². The predicted molar refractivity (Wildman–Crippen MR) is 93.6 cm³/mol. The lowest BCUT2D eigenvalue weighted by Gasteiger charge is -2.37. The fraction of sp³-hybridized carbons (Fsp3) is 0.556. The van der Waals surface area contributed by atoms with Gasteiger partial charge in [-0.15, -0.1) is 0 Å². The van der Waals surface area contributed by atoms with Crippen molar-refractivity contribution < 1.29 is 14.4 Å². The number of carbonyl (C=O) groups is 1. The third-order valence-corrected chi connectivity index (χ3v) is 4.94. The van der Waals surface area contributed by atoms with Gasteiger partial charge in [-0.25, -0.2) is 0 Å². The lowest BCUT2D eigenvalue weighted by Crippen LogP contribution is -2.50. The number of nitrogens with zero attached hydrogens (tertiary/aromatic N) is 3. The second-order valence-corrected chi connectivity index (χ2v) is 7.39. The molecular weight excluding hydrogens is 306 g/mol. The minimum Gasteiger partial charge on any atom is -0.481 e. The number of aromatic nitrogens is 1. The summed E-state index contributed by atoms with van der Waals surface area (Å²) < 4.78 is 5.49. The Morgan fingerprint density at radius 2 is 1.83 bits per heavy atom. The summed E-state index contributed by atoms with van der Waals surface area (Å²) in [5.74, 6) is 0.142. The molecule has 6 heteroatoms. The van der Waals surface area contributed by atoms with Gasteiger partial charge in [0.2, 0.25) is 0 Å². The van der Waals surface area contributed by atoms with E-state index in [0.29, 0.717) is 6.54 Å². The Bertz CT molecular complexity index is 758. The number of hydrogen-bond acceptors (Lipinski definition) is 5. The van der Waals surface area contributed by atoms with Gasteiger partial charge in [-0.3, -0.25) is 9.69 Å². The van der Waals surface area contributed by atoms with Crippen molar-refractivity contribution in [3.8, 4) is 0 Å². The molecule has 1 aliphatic rings. The maximum Gasteiger partial charge on any atom is 0.310 e. The number of benzene rings is 1. The number of carboxylic acids is 1. The van der Waals surface area contributed by atoms with E-state index < -0.39 is 11.4 Å². The first-order chi connectivity index (χ1) is 11.3. The Balaban J connectivity index is 1.71. The second kappa shape index (κ2) is 6.09. The third-order valence-electron chi connectivity index (χ3n) is 4.94. The number of aryl methyl sites for hydroxylation is 2. The van der Waals surface area contributed by atoms with Crippen LogP contribution in [0.25, 0.3) is 11.0 Å². The Kier molecular flexibility index (Phi) is 4.25. The van der Waals surface area contributed by atoms with E-state index in [9.17, 15) is 9.90 Å². The first-order valence-corrected chi connectivity index (χ1v) is 8.35. The van der Waals surface area contributed by atoms with Gasteiger partial charge in [-0.1, -0.05) is 5.16 Å². The molecule has 0 saturated carbocycles. The van der Waals surface area contributed by atoms with E-state index in [0.717, 1.165) is 43.0 Å². The Hall–Kier alpha value is -2.08. The molecule has 3 rings (SSSR count). The highest BCUT2D eigenvalue weighted by Crippen LogP contribution is 2.29. The molecule has 0 spiro atoms. The Labute approximate surface area is 142 Å². The van der Waals surface area contributed by atoms with Crippen molar-refractivity contribution in [1.82, 2.24) is 10.1 Å². The van der Waals surface area contributed by atoms with Crippen LogP contribution in [0, 0.1) is 19.3 Å². The van der Waals surface area contributed by atoms with Crippen molar-refractivity contribution in [2.45, 2.75) is 27.7 Å². The predicted octanol–water partition coefficient (Wildman–Crippen LogP) is 2.68. The number of hydrogen-bond donors (Lipinski definition) is 1. The van der Waals surface area contributed by atoms with E-state index in [2.05, 4.69) is 34.9 Å². The van der Waals surface area contributed by atoms with Crippen molar-refractivity contribution in [3.63, 3.8) is 0 Å². The van der Waals surface area contributed by atoms with Gasteiger partial charge in [0.05, 0.1) is 10.8 Å². The molecule has 2 aromatic rings. The number of carboxylic acid groups (broad SMARTS) is 1. The van der Waals surface area contributed by atoms with Crippen LogP contribution in [0.15, 0.2) is 16.7 Å². The summed E-state index contributed by atoms with van der Waals surface area (Å²) in [6.07, 6.45) is 0. The molecule has 1 aromatic heterocycles. The van der Waals surface area contributed by atoms with E-state index in [1.54, 1.807) is 13.8 Å². The van der Waals surface area contributed by atoms with E-state index in [1.165, 1.54) is 11.1 Å². The zero-order chi connectivity index (χ0) is 17.5. The average Bonchev–Trinajstić information content (AvgIpc) is 2.91. The standard InChI is InChI=1S/C18H25N3O3/c1-12-9-14-15(10-13(12)2)24-19-16(14)21-7-5-20(6-8-21)11-18(3,4)17(22)23/h9-10H,5-8,11H2,1-4H3,(H,22,23). The van der Waals surface area contributed by atoms with Gasteiger partial charge in [0.1, 0.15) is 0 Å². The highest BCUT2D eigenvalue weighted by atomic mass is 16.5. The van der Waals surface area contributed by atoms with Gasteiger partial charge in [-0.05, 0) is 51.0 Å². The second-order valence-electron chi connectivity index (χ2n) is 7.39. The van der Waals surface area contributed by atoms with Crippen LogP contribution in [0.3, 0.4) is 0 Å². The molecule has 6 nitrogen and oxygen atoms in total. The quantitative estimate of drug-likeness (QED) is 0.929. The van der Waals surface area contributed by atoms with E-state index in [1.807, 2.05) is 6.07 Å². The molecular formula is C18H25N3O3. The molecule has 0 amide bonds. The maximum atomic E-state index is 11.3. The van der Waals surface area contributed by atoms with Gasteiger partial charge in [0.25, 0.3) is 0 Å². The number of piperazine rings is 1. The molecule has 1 N–H and O–H groups in total. The van der Waals surface area contributed by atoms with Crippen LogP contribution in [0.5, 0.6) is 0 Å². The summed E-state index contributed by atoms with van der Waals surface area (Å²) in [6, 6.07) is 4.17. The summed E-state index contributed by atoms with van der Waals surface area (Å²) >= 11 is 0. The SMILES string of the molecule is Cc1cc2onc(N3CCN(CC(C)(C)C(=O)O)CC3)c2cc1C. The summed E-state index contributed by atoms with van der Waals surface area (Å²) in [5, 5.41) is 14.6. The van der Waals surface area contributed by atoms with Crippen LogP contribution < -0.4 is 4.90 Å². The monoisotopic (exact) mass is 331 g/mol. The molecule has 1 fully saturated rings. The summed E-state index contributed by atoms with van der Waals surface area (Å²) in [7, 11) is 0. The normalized spacial score (nSPS) is 16.8. The Morgan fingerprint density at radius 3 is 2.46 bits per heavy atom. The zero-order valence-electron chi connectivity index (χ0n) is 14.8. The maximum absolute atomic E-state index is 11.3. The largest absolute Gasteiger partial charge is 0.481 e.